The number of urea groups is 1. The molecule has 9 heteroatoms. The number of likely N-dealkylation sites (tertiary alicyclic amines) is 1. The minimum absolute atomic E-state index is 0.102. The third-order valence-electron chi connectivity index (χ3n) is 5.63. The highest BCUT2D eigenvalue weighted by Gasteiger charge is 2.25. The second kappa shape index (κ2) is 9.88. The Labute approximate surface area is 187 Å². The van der Waals surface area contributed by atoms with Crippen LogP contribution in [-0.2, 0) is 4.74 Å². The molecule has 168 valence electrons. The third kappa shape index (κ3) is 4.95. The molecule has 9 nitrogen and oxygen atoms in total. The molecule has 2 amide bonds. The minimum atomic E-state index is -0.240. The molecule has 1 aromatic carbocycles. The van der Waals surface area contributed by atoms with Crippen LogP contribution < -0.4 is 10.6 Å². The highest BCUT2D eigenvalue weighted by molar-refractivity contribution is 5.91. The number of benzene rings is 1. The first-order chi connectivity index (χ1) is 15.5. The number of ether oxygens (including phenoxy) is 1. The number of nitrogens with one attached hydrogen (secondary N) is 2. The number of carbonyl (C=O) groups is 1. The summed E-state index contributed by atoms with van der Waals surface area (Å²) in [5, 5.41) is 10.9. The van der Waals surface area contributed by atoms with Crippen LogP contribution in [0.4, 0.5) is 10.6 Å². The van der Waals surface area contributed by atoms with Crippen molar-refractivity contribution in [1.82, 2.24) is 30.0 Å². The van der Waals surface area contributed by atoms with Crippen LogP contribution in [0.15, 0.2) is 42.7 Å². The summed E-state index contributed by atoms with van der Waals surface area (Å²) in [4.78, 5) is 23.8. The molecule has 3 heterocycles. The van der Waals surface area contributed by atoms with Crippen molar-refractivity contribution in [2.75, 3.05) is 38.7 Å². The molecule has 0 spiro atoms. The summed E-state index contributed by atoms with van der Waals surface area (Å²) in [6.07, 6.45) is 4.42. The van der Waals surface area contributed by atoms with Crippen molar-refractivity contribution < 1.29 is 9.53 Å². The van der Waals surface area contributed by atoms with Gasteiger partial charge in [-0.15, -0.1) is 0 Å². The van der Waals surface area contributed by atoms with Crippen LogP contribution in [0, 0.1) is 13.8 Å². The Hall–Kier alpha value is -3.30. The Morgan fingerprint density at radius 2 is 1.94 bits per heavy atom. The van der Waals surface area contributed by atoms with Gasteiger partial charge in [0.2, 0.25) is 0 Å². The van der Waals surface area contributed by atoms with Gasteiger partial charge in [-0.05, 0) is 32.4 Å². The molecule has 32 heavy (non-hydrogen) atoms. The quantitative estimate of drug-likeness (QED) is 0.592. The van der Waals surface area contributed by atoms with E-state index in [-0.39, 0.29) is 12.1 Å². The molecule has 2 N–H and O–H groups in total. The molecular formula is C23H29N7O2. The van der Waals surface area contributed by atoms with Crippen LogP contribution in [0.25, 0.3) is 16.9 Å². The predicted molar refractivity (Wildman–Crippen MR) is 123 cm³/mol. The molecule has 4 rings (SSSR count). The van der Waals surface area contributed by atoms with Crippen LogP contribution in [0.3, 0.4) is 0 Å². The Kier molecular flexibility index (Phi) is 6.77. The molecule has 1 aliphatic rings. The second-order valence-electron chi connectivity index (χ2n) is 7.97. The lowest BCUT2D eigenvalue weighted by Gasteiger charge is -2.17. The predicted octanol–water partition coefficient (Wildman–Crippen LogP) is 2.79. The largest absolute Gasteiger partial charge is 0.383 e. The lowest BCUT2D eigenvalue weighted by Crippen LogP contribution is -2.40. The molecule has 0 aliphatic carbocycles. The Balaban J connectivity index is 1.55. The lowest BCUT2D eigenvalue weighted by atomic mass is 10.1. The molecule has 0 radical (unpaired) electrons. The average molecular weight is 436 g/mol. The van der Waals surface area contributed by atoms with Gasteiger partial charge < -0.3 is 10.1 Å². The van der Waals surface area contributed by atoms with Crippen molar-refractivity contribution in [2.24, 2.45) is 0 Å². The van der Waals surface area contributed by atoms with Gasteiger partial charge in [0.1, 0.15) is 17.3 Å². The molecule has 1 saturated heterocycles. The normalized spacial score (nSPS) is 16.3. The van der Waals surface area contributed by atoms with E-state index in [4.69, 9.17) is 9.84 Å². The Morgan fingerprint density at radius 1 is 1.19 bits per heavy atom. The second-order valence-corrected chi connectivity index (χ2v) is 7.97. The van der Waals surface area contributed by atoms with E-state index in [1.807, 2.05) is 44.2 Å². The van der Waals surface area contributed by atoms with Gasteiger partial charge in [0, 0.05) is 56.3 Å². The van der Waals surface area contributed by atoms with E-state index in [0.717, 1.165) is 48.6 Å². The molecule has 0 saturated carbocycles. The molecule has 1 aliphatic heterocycles. The first kappa shape index (κ1) is 21.9. The molecule has 1 fully saturated rings. The van der Waals surface area contributed by atoms with Gasteiger partial charge >= 0.3 is 6.03 Å². The summed E-state index contributed by atoms with van der Waals surface area (Å²) in [5.74, 6) is 1.32. The zero-order chi connectivity index (χ0) is 22.5. The number of aromatic nitrogens is 4. The van der Waals surface area contributed by atoms with E-state index in [2.05, 4.69) is 25.5 Å². The number of carbonyl (C=O) groups excluding carboxylic acids is 1. The molecule has 0 unspecified atom stereocenters. The van der Waals surface area contributed by atoms with Crippen molar-refractivity contribution in [3.63, 3.8) is 0 Å². The fourth-order valence-electron chi connectivity index (χ4n) is 3.89. The van der Waals surface area contributed by atoms with Gasteiger partial charge in [0.05, 0.1) is 12.3 Å². The standard InChI is InChI=1S/C23H29N7O2/c1-16-21(18-13-24-17(2)25-14-18)28-30(20-7-5-4-6-8-20)22(16)27-23(31)26-19-9-10-29(15-19)11-12-32-3/h4-8,13-14,19H,9-12,15H2,1-3H3,(H2,26,27,31)/t19-/m0/s1. The SMILES string of the molecule is COCCN1CC[C@H](NC(=O)Nc2c(C)c(-c3cnc(C)nc3)nn2-c2ccccc2)C1. The van der Waals surface area contributed by atoms with Crippen LogP contribution >= 0.6 is 0 Å². The number of para-hydroxylation sites is 1. The van der Waals surface area contributed by atoms with E-state index in [1.54, 1.807) is 24.2 Å². The van der Waals surface area contributed by atoms with E-state index in [0.29, 0.717) is 18.2 Å². The van der Waals surface area contributed by atoms with Gasteiger partial charge in [-0.25, -0.2) is 19.4 Å². The number of amides is 2. The number of rotatable bonds is 7. The number of hydrogen-bond acceptors (Lipinski definition) is 6. The summed E-state index contributed by atoms with van der Waals surface area (Å²) in [6.45, 7) is 7.12. The van der Waals surface area contributed by atoms with E-state index in [1.165, 1.54) is 0 Å². The molecule has 0 bridgehead atoms. The Bertz CT molecular complexity index is 1050. The highest BCUT2D eigenvalue weighted by atomic mass is 16.5. The van der Waals surface area contributed by atoms with Gasteiger partial charge in [-0.2, -0.15) is 5.10 Å². The zero-order valence-corrected chi connectivity index (χ0v) is 18.7. The van der Waals surface area contributed by atoms with Crippen LogP contribution in [0.2, 0.25) is 0 Å². The summed E-state index contributed by atoms with van der Waals surface area (Å²) >= 11 is 0. The fraction of sp³-hybridized carbons (Fsp3) is 0.391. The monoisotopic (exact) mass is 435 g/mol. The first-order valence-electron chi connectivity index (χ1n) is 10.8. The Morgan fingerprint density at radius 3 is 2.66 bits per heavy atom. The lowest BCUT2D eigenvalue weighted by molar-refractivity contribution is 0.160. The van der Waals surface area contributed by atoms with Crippen LogP contribution in [0.5, 0.6) is 0 Å². The highest BCUT2D eigenvalue weighted by Crippen LogP contribution is 2.29. The first-order valence-corrected chi connectivity index (χ1v) is 10.8. The number of aryl methyl sites for hydroxylation is 1. The van der Waals surface area contributed by atoms with Gasteiger partial charge in [0.15, 0.2) is 0 Å². The van der Waals surface area contributed by atoms with Gasteiger partial charge in [-0.3, -0.25) is 10.2 Å². The third-order valence-corrected chi connectivity index (χ3v) is 5.63. The van der Waals surface area contributed by atoms with Crippen molar-refractivity contribution in [2.45, 2.75) is 26.3 Å². The van der Waals surface area contributed by atoms with Gasteiger partial charge in [0.25, 0.3) is 0 Å². The van der Waals surface area contributed by atoms with Crippen molar-refractivity contribution in [1.29, 1.82) is 0 Å². The summed E-state index contributed by atoms with van der Waals surface area (Å²) in [6, 6.07) is 9.60. The number of anilines is 1. The smallest absolute Gasteiger partial charge is 0.320 e. The maximum Gasteiger partial charge on any atom is 0.320 e. The molecule has 1 atom stereocenters. The number of nitrogens with zero attached hydrogens (tertiary/aromatic N) is 5. The zero-order valence-electron chi connectivity index (χ0n) is 18.7. The summed E-state index contributed by atoms with van der Waals surface area (Å²) in [5.41, 5.74) is 3.24. The van der Waals surface area contributed by atoms with E-state index < -0.39 is 0 Å². The van der Waals surface area contributed by atoms with Gasteiger partial charge in [-0.1, -0.05) is 18.2 Å². The molecule has 2 aromatic heterocycles. The molecule has 3 aromatic rings. The van der Waals surface area contributed by atoms with Crippen molar-refractivity contribution in [3.05, 3.63) is 54.1 Å². The maximum atomic E-state index is 12.9. The van der Waals surface area contributed by atoms with Crippen molar-refractivity contribution in [3.8, 4) is 16.9 Å². The average Bonchev–Trinajstić information content (AvgIpc) is 3.38. The number of hydrogen-bond donors (Lipinski definition) is 2. The fourth-order valence-corrected chi connectivity index (χ4v) is 3.89. The van der Waals surface area contributed by atoms with Crippen LogP contribution in [0.1, 0.15) is 17.8 Å². The van der Waals surface area contributed by atoms with E-state index in [9.17, 15) is 4.79 Å². The number of methoxy groups -OCH3 is 1. The molecular weight excluding hydrogens is 406 g/mol. The minimum Gasteiger partial charge on any atom is -0.383 e. The van der Waals surface area contributed by atoms with Crippen molar-refractivity contribution >= 4 is 11.8 Å². The maximum absolute atomic E-state index is 12.9. The summed E-state index contributed by atoms with van der Waals surface area (Å²) < 4.78 is 6.91. The topological polar surface area (TPSA) is 97.2 Å². The van der Waals surface area contributed by atoms with E-state index >= 15 is 0 Å². The summed E-state index contributed by atoms with van der Waals surface area (Å²) in [7, 11) is 1.70. The van der Waals surface area contributed by atoms with Crippen LogP contribution in [-0.4, -0.2) is 70.1 Å².